The molecule has 0 saturated carbocycles. The van der Waals surface area contributed by atoms with Crippen LogP contribution in [0.1, 0.15) is 0 Å². The molecule has 2 aromatic rings. The van der Waals surface area contributed by atoms with Crippen LogP contribution >= 0.6 is 56.6 Å². The minimum absolute atomic E-state index is 0.526. The Balaban J connectivity index is 2.77. The Labute approximate surface area is 131 Å². The molecule has 0 saturated heterocycles. The fraction of sp³-hybridized carbons (Fsp3) is 0. The van der Waals surface area contributed by atoms with Gasteiger partial charge in [-0.15, -0.1) is 0 Å². The van der Waals surface area contributed by atoms with Crippen molar-refractivity contribution < 1.29 is 7.96 Å². The van der Waals surface area contributed by atoms with E-state index in [0.29, 0.717) is 7.14 Å². The Morgan fingerprint density at radius 2 is 1.00 bits per heavy atom. The van der Waals surface area contributed by atoms with Crippen molar-refractivity contribution in [1.82, 2.24) is 0 Å². The second-order valence-electron chi connectivity index (χ2n) is 3.53. The molecule has 0 atom stereocenters. The predicted octanol–water partition coefficient (Wildman–Crippen LogP) is 6.33. The van der Waals surface area contributed by atoms with E-state index in [1.54, 1.807) is 48.5 Å². The molecule has 0 unspecified atom stereocenters. The molecule has 0 aliphatic carbocycles. The average Bonchev–Trinajstić information content (AvgIpc) is 2.37. The molecule has 0 heterocycles. The van der Waals surface area contributed by atoms with Crippen LogP contribution in [0.5, 0.6) is 0 Å². The summed E-state index contributed by atoms with van der Waals surface area (Å²) in [7, 11) is 24.7. The summed E-state index contributed by atoms with van der Waals surface area (Å²) in [6.45, 7) is 0. The molecular formula is C12H10Cl4FeIO. The van der Waals surface area contributed by atoms with Crippen molar-refractivity contribution in [1.29, 1.82) is 0 Å². The summed E-state index contributed by atoms with van der Waals surface area (Å²) >= 11 is -4.40. The third-order valence-corrected chi connectivity index (χ3v) is 33.4. The first-order chi connectivity index (χ1) is 8.72. The number of hydrogen-bond donors (Lipinski definition) is 0. The van der Waals surface area contributed by atoms with Gasteiger partial charge in [-0.2, -0.15) is 0 Å². The van der Waals surface area contributed by atoms with Gasteiger partial charge in [0, 0.05) is 0 Å². The van der Waals surface area contributed by atoms with Crippen molar-refractivity contribution in [2.45, 2.75) is 0 Å². The first-order valence-electron chi connectivity index (χ1n) is 5.02. The van der Waals surface area contributed by atoms with E-state index in [4.69, 9.17) is 40.4 Å². The first-order valence-corrected chi connectivity index (χ1v) is 17.7. The van der Waals surface area contributed by atoms with Gasteiger partial charge < -0.3 is 0 Å². The monoisotopic (exact) mass is 493 g/mol. The van der Waals surface area contributed by atoms with Gasteiger partial charge >= 0.3 is 132 Å². The molecule has 7 heteroatoms. The van der Waals surface area contributed by atoms with Gasteiger partial charge in [0.15, 0.2) is 0 Å². The third kappa shape index (κ3) is 3.13. The minimum atomic E-state index is -4.49. The molecule has 0 aliphatic heterocycles. The fourth-order valence-electron chi connectivity index (χ4n) is 1.51. The third-order valence-electron chi connectivity index (χ3n) is 2.30. The van der Waals surface area contributed by atoms with Gasteiger partial charge in [-0.3, -0.25) is 0 Å². The zero-order valence-electron chi connectivity index (χ0n) is 9.43. The molecule has 2 aromatic carbocycles. The molecule has 1 nitrogen and oxygen atoms in total. The molecule has 19 heavy (non-hydrogen) atoms. The van der Waals surface area contributed by atoms with Crippen LogP contribution in [0.2, 0.25) is 0 Å². The number of rotatable bonds is 3. The Morgan fingerprint density at radius 1 is 0.684 bits per heavy atom. The summed E-state index contributed by atoms with van der Waals surface area (Å²) in [5.41, 5.74) is 0. The zero-order valence-corrected chi connectivity index (χ0v) is 15.7. The molecule has 0 aromatic heterocycles. The molecule has 2 rings (SSSR count). The molecule has 107 valence electrons. The molecule has 0 spiro atoms. The molecular weight excluding hydrogens is 485 g/mol. The van der Waals surface area contributed by atoms with E-state index in [-0.39, 0.29) is 0 Å². The summed E-state index contributed by atoms with van der Waals surface area (Å²) in [6, 6.07) is 17.5. The van der Waals surface area contributed by atoms with E-state index < -0.39 is 21.1 Å². The van der Waals surface area contributed by atoms with E-state index in [1.807, 2.05) is 12.1 Å². The zero-order chi connectivity index (χ0) is 14.2. The van der Waals surface area contributed by atoms with Crippen LogP contribution in [0.15, 0.2) is 60.7 Å². The topological polar surface area (TPSA) is 17.1 Å². The van der Waals surface area contributed by atoms with Gasteiger partial charge in [0.05, 0.1) is 0 Å². The van der Waals surface area contributed by atoms with Crippen LogP contribution in [-0.4, -0.2) is 0 Å². The van der Waals surface area contributed by atoms with Crippen LogP contribution in [0.4, 0.5) is 0 Å². The number of hydrogen-bond acceptors (Lipinski definition) is 1. The molecule has 0 N–H and O–H groups in total. The maximum atomic E-state index is 13.6. The SMILES string of the molecule is O=[I](c1ccccc1)(c1ccccc1)[Fe]([Cl])([Cl])([Cl])[Cl]. The Kier molecular flexibility index (Phi) is 4.60. The summed E-state index contributed by atoms with van der Waals surface area (Å²) in [5.74, 6) is 0. The second kappa shape index (κ2) is 5.45. The van der Waals surface area contributed by atoms with Crippen LogP contribution in [0.3, 0.4) is 0 Å². The van der Waals surface area contributed by atoms with E-state index in [2.05, 4.69) is 0 Å². The molecule has 0 bridgehead atoms. The van der Waals surface area contributed by atoms with E-state index in [9.17, 15) is 3.07 Å². The van der Waals surface area contributed by atoms with E-state index in [1.165, 1.54) is 0 Å². The van der Waals surface area contributed by atoms with Gasteiger partial charge in [0.25, 0.3) is 0 Å². The average molecular weight is 495 g/mol. The van der Waals surface area contributed by atoms with Crippen LogP contribution < -0.4 is 0 Å². The van der Waals surface area contributed by atoms with Gasteiger partial charge in [-0.25, -0.2) is 0 Å². The van der Waals surface area contributed by atoms with Crippen LogP contribution in [0, 0.1) is 7.14 Å². The molecule has 0 aliphatic rings. The Bertz CT molecular complexity index is 572. The van der Waals surface area contributed by atoms with Crippen molar-refractivity contribution in [3.8, 4) is 0 Å². The van der Waals surface area contributed by atoms with E-state index >= 15 is 0 Å². The summed E-state index contributed by atoms with van der Waals surface area (Å²) in [5, 5.41) is 0. The second-order valence-corrected chi connectivity index (χ2v) is 40.0. The number of halogens is 5. The fourth-order valence-corrected chi connectivity index (χ4v) is 25.9. The Hall–Kier alpha value is 0.649. The standard InChI is InChI=1S/C12H10IO.4ClH.Fe/c14-13(11-7-3-1-4-8-11)12-9-5-2-6-10-12;;;;;/h1-10H;4*1H;/q;;;;;+4/p-4. The van der Waals surface area contributed by atoms with Crippen molar-refractivity contribution >= 4 is 56.6 Å². The van der Waals surface area contributed by atoms with Gasteiger partial charge in [-0.05, 0) is 0 Å². The van der Waals surface area contributed by atoms with E-state index in [0.717, 1.165) is 0 Å². The molecule has 0 amide bonds. The maximum absolute atomic E-state index is 13.6. The van der Waals surface area contributed by atoms with Crippen molar-refractivity contribution in [3.05, 3.63) is 67.8 Å². The van der Waals surface area contributed by atoms with Gasteiger partial charge in [0.1, 0.15) is 0 Å². The summed E-state index contributed by atoms with van der Waals surface area (Å²) < 4.78 is 14.6. The van der Waals surface area contributed by atoms with Crippen LogP contribution in [0.25, 0.3) is 0 Å². The van der Waals surface area contributed by atoms with Crippen molar-refractivity contribution in [2.75, 3.05) is 0 Å². The predicted molar refractivity (Wildman–Crippen MR) is 88.4 cm³/mol. The molecule has 0 fully saturated rings. The van der Waals surface area contributed by atoms with Gasteiger partial charge in [-0.1, -0.05) is 0 Å². The number of benzene rings is 2. The quantitative estimate of drug-likeness (QED) is 0.360. The first kappa shape index (κ1) is 16.0. The van der Waals surface area contributed by atoms with Crippen LogP contribution in [-0.2, 0) is 7.96 Å². The molecule has 0 radical (unpaired) electrons. The normalized spacial score (nSPS) is 15.5. The van der Waals surface area contributed by atoms with Crippen molar-refractivity contribution in [2.24, 2.45) is 0 Å². The van der Waals surface area contributed by atoms with Crippen molar-refractivity contribution in [3.63, 3.8) is 0 Å². The Morgan fingerprint density at radius 3 is 1.26 bits per heavy atom. The summed E-state index contributed by atoms with van der Waals surface area (Å²) in [6.07, 6.45) is 0. The summed E-state index contributed by atoms with van der Waals surface area (Å²) in [4.78, 5) is -4.49. The van der Waals surface area contributed by atoms with Gasteiger partial charge in [0.2, 0.25) is 0 Å².